The van der Waals surface area contributed by atoms with Crippen LogP contribution in [0.3, 0.4) is 0 Å². The molecular weight excluding hydrogens is 594 g/mol. The van der Waals surface area contributed by atoms with E-state index in [9.17, 15) is 52.7 Å². The number of hydrogen-bond donors (Lipinski definition) is 1. The monoisotopic (exact) mass is 597 g/mol. The number of hydrogen-bond acceptors (Lipinski definition) is 1. The number of nitrogens with two attached hydrogens (primary N) is 1. The minimum atomic E-state index is -5.64. The van der Waals surface area contributed by atoms with Crippen molar-refractivity contribution in [3.8, 4) is 11.1 Å². The number of rotatable bonds is 1. The molecule has 0 spiro atoms. The standard InChI is InChI=1S/C16H5Br2F12N/c17-9-1-4(5(13(19,20)21)2-6(9)14(22,23)24)10-7(15(25,26)27)3-8(16(28,29)30)11(18)12(10)31/h1-3H,31H2. The van der Waals surface area contributed by atoms with Gasteiger partial charge in [-0.1, -0.05) is 15.9 Å². The van der Waals surface area contributed by atoms with E-state index in [4.69, 9.17) is 5.73 Å². The Morgan fingerprint density at radius 2 is 0.935 bits per heavy atom. The van der Waals surface area contributed by atoms with E-state index >= 15 is 0 Å². The van der Waals surface area contributed by atoms with Crippen molar-refractivity contribution in [1.29, 1.82) is 0 Å². The van der Waals surface area contributed by atoms with Crippen molar-refractivity contribution in [1.82, 2.24) is 0 Å². The fourth-order valence-electron chi connectivity index (χ4n) is 2.63. The largest absolute Gasteiger partial charge is 0.417 e. The Labute approximate surface area is 181 Å². The molecule has 0 aliphatic carbocycles. The van der Waals surface area contributed by atoms with Crippen LogP contribution >= 0.6 is 31.9 Å². The molecule has 0 aliphatic heterocycles. The van der Waals surface area contributed by atoms with Gasteiger partial charge in [-0.2, -0.15) is 52.7 Å². The van der Waals surface area contributed by atoms with E-state index < -0.39 is 84.9 Å². The van der Waals surface area contributed by atoms with Crippen LogP contribution in [0.25, 0.3) is 11.1 Å². The van der Waals surface area contributed by atoms with Crippen LogP contribution in [-0.2, 0) is 24.7 Å². The van der Waals surface area contributed by atoms with Crippen LogP contribution in [0.1, 0.15) is 22.3 Å². The quantitative estimate of drug-likeness (QED) is 0.258. The molecule has 2 rings (SSSR count). The first-order valence-corrected chi connectivity index (χ1v) is 9.00. The normalized spacial score (nSPS) is 13.6. The van der Waals surface area contributed by atoms with Crippen molar-refractivity contribution in [2.75, 3.05) is 5.73 Å². The molecule has 0 amide bonds. The van der Waals surface area contributed by atoms with Gasteiger partial charge in [-0.15, -0.1) is 0 Å². The topological polar surface area (TPSA) is 26.0 Å². The first-order valence-electron chi connectivity index (χ1n) is 7.42. The molecule has 0 saturated carbocycles. The van der Waals surface area contributed by atoms with Gasteiger partial charge in [0.05, 0.1) is 32.4 Å². The average Bonchev–Trinajstić information content (AvgIpc) is 2.52. The van der Waals surface area contributed by atoms with Crippen molar-refractivity contribution >= 4 is 37.5 Å². The molecule has 15 heteroatoms. The van der Waals surface area contributed by atoms with Crippen molar-refractivity contribution in [2.24, 2.45) is 0 Å². The summed E-state index contributed by atoms with van der Waals surface area (Å²) < 4.78 is 157. The zero-order chi connectivity index (χ0) is 24.3. The number of halogens is 14. The highest BCUT2D eigenvalue weighted by atomic mass is 79.9. The molecule has 0 aromatic heterocycles. The summed E-state index contributed by atoms with van der Waals surface area (Å²) in [5.74, 6) is 0. The van der Waals surface area contributed by atoms with E-state index in [0.717, 1.165) is 0 Å². The molecule has 2 aromatic carbocycles. The van der Waals surface area contributed by atoms with Crippen LogP contribution in [0.15, 0.2) is 27.1 Å². The molecule has 0 saturated heterocycles. The van der Waals surface area contributed by atoms with Gasteiger partial charge in [-0.3, -0.25) is 0 Å². The first-order chi connectivity index (χ1) is 13.7. The zero-order valence-corrected chi connectivity index (χ0v) is 17.3. The lowest BCUT2D eigenvalue weighted by atomic mass is 9.90. The molecular formula is C16H5Br2F12N. The van der Waals surface area contributed by atoms with Crippen LogP contribution in [0.2, 0.25) is 0 Å². The fourth-order valence-corrected chi connectivity index (χ4v) is 3.74. The van der Waals surface area contributed by atoms with Crippen molar-refractivity contribution in [3.05, 3.63) is 49.4 Å². The van der Waals surface area contributed by atoms with Gasteiger partial charge >= 0.3 is 24.7 Å². The molecule has 2 aromatic rings. The molecule has 0 fully saturated rings. The SMILES string of the molecule is Nc1c(Br)c(C(F)(F)F)cc(C(F)(F)F)c1-c1cc(Br)c(C(F)(F)F)cc1C(F)(F)F. The summed E-state index contributed by atoms with van der Waals surface area (Å²) in [6.45, 7) is 0. The van der Waals surface area contributed by atoms with Crippen molar-refractivity contribution in [3.63, 3.8) is 0 Å². The maximum absolute atomic E-state index is 13.5. The minimum Gasteiger partial charge on any atom is -0.397 e. The van der Waals surface area contributed by atoms with Crippen LogP contribution in [0, 0.1) is 0 Å². The van der Waals surface area contributed by atoms with Gasteiger partial charge in [0.25, 0.3) is 0 Å². The fraction of sp³-hybridized carbons (Fsp3) is 0.250. The third-order valence-corrected chi connectivity index (χ3v) is 5.41. The van der Waals surface area contributed by atoms with Gasteiger partial charge in [-0.25, -0.2) is 0 Å². The molecule has 172 valence electrons. The Balaban J connectivity index is 3.10. The highest BCUT2D eigenvalue weighted by molar-refractivity contribution is 9.11. The molecule has 0 heterocycles. The van der Waals surface area contributed by atoms with Crippen molar-refractivity contribution in [2.45, 2.75) is 24.7 Å². The molecule has 0 unspecified atom stereocenters. The van der Waals surface area contributed by atoms with E-state index in [1.165, 1.54) is 0 Å². The van der Waals surface area contributed by atoms with E-state index in [1.54, 1.807) is 0 Å². The highest BCUT2D eigenvalue weighted by Gasteiger charge is 2.45. The molecule has 0 atom stereocenters. The van der Waals surface area contributed by atoms with E-state index in [0.29, 0.717) is 0 Å². The Kier molecular flexibility index (Phi) is 6.40. The van der Waals surface area contributed by atoms with Gasteiger partial charge in [0.15, 0.2) is 0 Å². The summed E-state index contributed by atoms with van der Waals surface area (Å²) in [4.78, 5) is 0. The smallest absolute Gasteiger partial charge is 0.397 e. The van der Waals surface area contributed by atoms with E-state index in [-0.39, 0.29) is 6.07 Å². The third kappa shape index (κ3) is 5.07. The lowest BCUT2D eigenvalue weighted by Crippen LogP contribution is -2.18. The van der Waals surface area contributed by atoms with Crippen LogP contribution in [0.4, 0.5) is 58.4 Å². The summed E-state index contributed by atoms with van der Waals surface area (Å²) in [5, 5.41) is 0. The highest BCUT2D eigenvalue weighted by Crippen LogP contribution is 2.52. The van der Waals surface area contributed by atoms with Crippen LogP contribution in [0.5, 0.6) is 0 Å². The summed E-state index contributed by atoms with van der Waals surface area (Å²) in [5.41, 5.74) is -7.27. The maximum Gasteiger partial charge on any atom is 0.417 e. The van der Waals surface area contributed by atoms with Gasteiger partial charge in [-0.05, 0) is 39.7 Å². The second-order valence-electron chi connectivity index (χ2n) is 5.94. The Morgan fingerprint density at radius 1 is 0.548 bits per heavy atom. The average molecular weight is 599 g/mol. The number of anilines is 1. The second kappa shape index (κ2) is 7.74. The van der Waals surface area contributed by atoms with Gasteiger partial charge in [0.2, 0.25) is 0 Å². The van der Waals surface area contributed by atoms with Gasteiger partial charge in [0, 0.05) is 10.0 Å². The van der Waals surface area contributed by atoms with Gasteiger partial charge < -0.3 is 5.73 Å². The van der Waals surface area contributed by atoms with Crippen LogP contribution < -0.4 is 5.73 Å². The van der Waals surface area contributed by atoms with E-state index in [1.807, 2.05) is 0 Å². The minimum absolute atomic E-state index is 0.0757. The predicted octanol–water partition coefficient (Wildman–Crippen LogP) is 8.54. The molecule has 0 radical (unpaired) electrons. The Bertz CT molecular complexity index is 1020. The Morgan fingerprint density at radius 3 is 1.32 bits per heavy atom. The number of benzene rings is 2. The van der Waals surface area contributed by atoms with E-state index in [2.05, 4.69) is 31.9 Å². The number of alkyl halides is 12. The van der Waals surface area contributed by atoms with Crippen LogP contribution in [-0.4, -0.2) is 0 Å². The second-order valence-corrected chi connectivity index (χ2v) is 7.59. The summed E-state index contributed by atoms with van der Waals surface area (Å²) in [6, 6.07) is -0.849. The lowest BCUT2D eigenvalue weighted by molar-refractivity contribution is -0.145. The molecule has 0 aliphatic rings. The zero-order valence-electron chi connectivity index (χ0n) is 14.1. The third-order valence-electron chi connectivity index (χ3n) is 3.90. The predicted molar refractivity (Wildman–Crippen MR) is 91.7 cm³/mol. The summed E-state index contributed by atoms with van der Waals surface area (Å²) in [6.07, 6.45) is -21.9. The summed E-state index contributed by atoms with van der Waals surface area (Å²) >= 11 is 4.66. The summed E-state index contributed by atoms with van der Waals surface area (Å²) in [7, 11) is 0. The maximum atomic E-state index is 13.5. The first kappa shape index (κ1) is 25.6. The molecule has 0 bridgehead atoms. The van der Waals surface area contributed by atoms with Crippen molar-refractivity contribution < 1.29 is 52.7 Å². The lowest BCUT2D eigenvalue weighted by Gasteiger charge is -2.24. The van der Waals surface area contributed by atoms with Gasteiger partial charge in [0.1, 0.15) is 0 Å². The molecule has 1 nitrogen and oxygen atoms in total. The molecule has 31 heavy (non-hydrogen) atoms. The molecule has 2 N–H and O–H groups in total. The number of nitrogen functional groups attached to an aromatic ring is 1. The Hall–Kier alpha value is -1.64.